The number of nitrogens with zero attached hydrogens (tertiary/aromatic N) is 1. The van der Waals surface area contributed by atoms with Gasteiger partial charge in [-0.2, -0.15) is 0 Å². The highest BCUT2D eigenvalue weighted by Crippen LogP contribution is 2.27. The molecule has 1 fully saturated rings. The Kier molecular flexibility index (Phi) is 3.53. The summed E-state index contributed by atoms with van der Waals surface area (Å²) in [5.41, 5.74) is 0.195. The van der Waals surface area contributed by atoms with Crippen molar-refractivity contribution in [3.05, 3.63) is 0 Å². The second-order valence-electron chi connectivity index (χ2n) is 4.81. The lowest BCUT2D eigenvalue weighted by molar-refractivity contribution is -0.146. The summed E-state index contributed by atoms with van der Waals surface area (Å²) in [6, 6.07) is 0. The second-order valence-corrected chi connectivity index (χ2v) is 4.81. The molecule has 0 aromatic carbocycles. The quantitative estimate of drug-likeness (QED) is 0.687. The van der Waals surface area contributed by atoms with Crippen LogP contribution in [0.15, 0.2) is 0 Å². The molecule has 0 N–H and O–H groups in total. The van der Waals surface area contributed by atoms with Crippen molar-refractivity contribution in [3.8, 4) is 0 Å². The van der Waals surface area contributed by atoms with Crippen molar-refractivity contribution < 1.29 is 9.53 Å². The van der Waals surface area contributed by atoms with Gasteiger partial charge in [0.2, 0.25) is 5.91 Å². The zero-order valence-corrected chi connectivity index (χ0v) is 9.67. The van der Waals surface area contributed by atoms with Gasteiger partial charge in [-0.05, 0) is 6.92 Å². The normalized spacial score (nSPS) is 19.2. The van der Waals surface area contributed by atoms with Crippen molar-refractivity contribution in [2.75, 3.05) is 26.3 Å². The third-order valence-corrected chi connectivity index (χ3v) is 2.66. The van der Waals surface area contributed by atoms with E-state index in [9.17, 15) is 4.79 Å². The molecule has 3 heteroatoms. The molecule has 0 aliphatic carbocycles. The monoisotopic (exact) mass is 199 g/mol. The predicted octanol–water partition coefficient (Wildman–Crippen LogP) is 1.53. The lowest BCUT2D eigenvalue weighted by Crippen LogP contribution is -2.51. The fourth-order valence-corrected chi connectivity index (χ4v) is 1.71. The molecule has 0 radical (unpaired) electrons. The lowest BCUT2D eigenvalue weighted by atomic mass is 9.88. The zero-order valence-electron chi connectivity index (χ0n) is 9.67. The first-order chi connectivity index (χ1) is 6.48. The molecule has 1 rings (SSSR count). The summed E-state index contributed by atoms with van der Waals surface area (Å²) in [5.74, 6) is 0.347. The average molecular weight is 199 g/mol. The predicted molar refractivity (Wildman–Crippen MR) is 56.0 cm³/mol. The van der Waals surface area contributed by atoms with E-state index in [2.05, 4.69) is 6.92 Å². The molecule has 3 nitrogen and oxygen atoms in total. The van der Waals surface area contributed by atoms with E-state index in [0.717, 1.165) is 26.3 Å². The van der Waals surface area contributed by atoms with Gasteiger partial charge in [0.05, 0.1) is 13.2 Å². The molecule has 82 valence electrons. The van der Waals surface area contributed by atoms with Gasteiger partial charge in [-0.25, -0.2) is 0 Å². The maximum absolute atomic E-state index is 11.8. The van der Waals surface area contributed by atoms with E-state index in [4.69, 9.17) is 4.74 Å². The van der Waals surface area contributed by atoms with Gasteiger partial charge in [0.1, 0.15) is 0 Å². The van der Waals surface area contributed by atoms with Crippen LogP contribution in [-0.4, -0.2) is 37.1 Å². The van der Waals surface area contributed by atoms with Crippen LogP contribution >= 0.6 is 0 Å². The summed E-state index contributed by atoms with van der Waals surface area (Å²) in [6.45, 7) is 11.3. The zero-order chi connectivity index (χ0) is 10.8. The van der Waals surface area contributed by atoms with Crippen LogP contribution in [0.1, 0.15) is 27.7 Å². The summed E-state index contributed by atoms with van der Waals surface area (Å²) >= 11 is 0. The van der Waals surface area contributed by atoms with E-state index >= 15 is 0 Å². The number of rotatable bonds is 4. The van der Waals surface area contributed by atoms with E-state index in [1.54, 1.807) is 0 Å². The van der Waals surface area contributed by atoms with Gasteiger partial charge in [-0.1, -0.05) is 20.8 Å². The Morgan fingerprint density at radius 2 is 2.07 bits per heavy atom. The van der Waals surface area contributed by atoms with Gasteiger partial charge < -0.3 is 9.64 Å². The van der Waals surface area contributed by atoms with Gasteiger partial charge in [-0.15, -0.1) is 0 Å². The summed E-state index contributed by atoms with van der Waals surface area (Å²) in [5, 5.41) is 0. The fraction of sp³-hybridized carbons (Fsp3) is 0.909. The van der Waals surface area contributed by atoms with Crippen molar-refractivity contribution in [3.63, 3.8) is 0 Å². The van der Waals surface area contributed by atoms with Crippen molar-refractivity contribution in [1.29, 1.82) is 0 Å². The largest absolute Gasteiger partial charge is 0.380 e. The standard InChI is InChI=1S/C11H21NO2/c1-5-12(10(13)9(2)3)6-11(4)7-14-8-11/h9H,5-8H2,1-4H3. The van der Waals surface area contributed by atoms with Crippen molar-refractivity contribution in [2.45, 2.75) is 27.7 Å². The van der Waals surface area contributed by atoms with Gasteiger partial charge in [-0.3, -0.25) is 4.79 Å². The van der Waals surface area contributed by atoms with Crippen LogP contribution in [0, 0.1) is 11.3 Å². The maximum atomic E-state index is 11.8. The third-order valence-electron chi connectivity index (χ3n) is 2.66. The molecule has 0 saturated carbocycles. The van der Waals surface area contributed by atoms with E-state index in [1.807, 2.05) is 25.7 Å². The summed E-state index contributed by atoms with van der Waals surface area (Å²) in [6.07, 6.45) is 0. The highest BCUT2D eigenvalue weighted by atomic mass is 16.5. The number of ether oxygens (including phenoxy) is 1. The molecule has 0 bridgehead atoms. The summed E-state index contributed by atoms with van der Waals surface area (Å²) < 4.78 is 5.19. The van der Waals surface area contributed by atoms with Gasteiger partial charge >= 0.3 is 0 Å². The molecular formula is C11H21NO2. The van der Waals surface area contributed by atoms with Crippen LogP contribution in [0.5, 0.6) is 0 Å². The number of carbonyl (C=O) groups is 1. The third kappa shape index (κ3) is 2.47. The van der Waals surface area contributed by atoms with E-state index in [1.165, 1.54) is 0 Å². The molecular weight excluding hydrogens is 178 g/mol. The topological polar surface area (TPSA) is 29.5 Å². The second kappa shape index (κ2) is 4.30. The summed E-state index contributed by atoms with van der Waals surface area (Å²) in [4.78, 5) is 13.7. The number of amides is 1. The smallest absolute Gasteiger partial charge is 0.225 e. The van der Waals surface area contributed by atoms with Crippen LogP contribution in [0.3, 0.4) is 0 Å². The fourth-order valence-electron chi connectivity index (χ4n) is 1.71. The minimum atomic E-state index is 0.0968. The Balaban J connectivity index is 2.50. The molecule has 14 heavy (non-hydrogen) atoms. The maximum Gasteiger partial charge on any atom is 0.225 e. The highest BCUT2D eigenvalue weighted by molar-refractivity contribution is 5.78. The number of carbonyl (C=O) groups excluding carboxylic acids is 1. The van der Waals surface area contributed by atoms with Crippen LogP contribution in [0.4, 0.5) is 0 Å². The van der Waals surface area contributed by atoms with Crippen LogP contribution in [0.2, 0.25) is 0 Å². The van der Waals surface area contributed by atoms with Crippen molar-refractivity contribution in [2.24, 2.45) is 11.3 Å². The SMILES string of the molecule is CCN(CC1(C)COC1)C(=O)C(C)C. The molecule has 0 atom stereocenters. The molecule has 0 unspecified atom stereocenters. The molecule has 1 aliphatic heterocycles. The average Bonchev–Trinajstić information content (AvgIpc) is 2.10. The molecule has 0 aromatic heterocycles. The van der Waals surface area contributed by atoms with Gasteiger partial charge in [0.25, 0.3) is 0 Å². The van der Waals surface area contributed by atoms with Crippen LogP contribution < -0.4 is 0 Å². The van der Waals surface area contributed by atoms with E-state index < -0.39 is 0 Å². The van der Waals surface area contributed by atoms with Crippen molar-refractivity contribution >= 4 is 5.91 Å². The molecule has 0 spiro atoms. The number of hydrogen-bond acceptors (Lipinski definition) is 2. The minimum absolute atomic E-state index is 0.0968. The Labute approximate surface area is 86.4 Å². The lowest BCUT2D eigenvalue weighted by Gasteiger charge is -2.42. The Hall–Kier alpha value is -0.570. The molecule has 1 saturated heterocycles. The minimum Gasteiger partial charge on any atom is -0.380 e. The van der Waals surface area contributed by atoms with Crippen molar-refractivity contribution in [1.82, 2.24) is 4.90 Å². The van der Waals surface area contributed by atoms with E-state index in [0.29, 0.717) is 0 Å². The Morgan fingerprint density at radius 1 is 1.50 bits per heavy atom. The molecule has 1 amide bonds. The summed E-state index contributed by atoms with van der Waals surface area (Å²) in [7, 11) is 0. The first-order valence-corrected chi connectivity index (χ1v) is 5.35. The van der Waals surface area contributed by atoms with E-state index in [-0.39, 0.29) is 17.2 Å². The van der Waals surface area contributed by atoms with Gasteiger partial charge in [0, 0.05) is 24.4 Å². The molecule has 1 aliphatic rings. The first-order valence-electron chi connectivity index (χ1n) is 5.35. The van der Waals surface area contributed by atoms with Crippen LogP contribution in [-0.2, 0) is 9.53 Å². The Bertz CT molecular complexity index is 209. The first kappa shape index (κ1) is 11.5. The molecule has 1 heterocycles. The molecule has 0 aromatic rings. The van der Waals surface area contributed by atoms with Crippen LogP contribution in [0.25, 0.3) is 0 Å². The number of hydrogen-bond donors (Lipinski definition) is 0. The Morgan fingerprint density at radius 3 is 2.36 bits per heavy atom. The van der Waals surface area contributed by atoms with Gasteiger partial charge in [0.15, 0.2) is 0 Å². The highest BCUT2D eigenvalue weighted by Gasteiger charge is 2.36.